The van der Waals surface area contributed by atoms with Gasteiger partial charge in [-0.05, 0) is 26.0 Å². The number of rotatable bonds is 9. The molecule has 144 valence electrons. The number of nitrogens with zero attached hydrogens (tertiary/aromatic N) is 2. The summed E-state index contributed by atoms with van der Waals surface area (Å²) in [6.07, 6.45) is 1.95. The van der Waals surface area contributed by atoms with Crippen LogP contribution in [0.15, 0.2) is 24.3 Å². The number of esters is 1. The number of halogens is 1. The number of carbonyl (C=O) groups excluding carboxylic acids is 2. The molecule has 0 N–H and O–H groups in total. The molecular formula is C19H27ClN2O3S. The molecule has 1 amide bonds. The lowest BCUT2D eigenvalue weighted by molar-refractivity contribution is -0.145. The summed E-state index contributed by atoms with van der Waals surface area (Å²) in [5.41, 5.74) is 0.968. The monoisotopic (exact) mass is 398 g/mol. The van der Waals surface area contributed by atoms with Crippen molar-refractivity contribution in [3.8, 4) is 0 Å². The van der Waals surface area contributed by atoms with E-state index in [0.29, 0.717) is 24.7 Å². The van der Waals surface area contributed by atoms with Crippen molar-refractivity contribution in [3.05, 3.63) is 34.9 Å². The van der Waals surface area contributed by atoms with Gasteiger partial charge in [-0.25, -0.2) is 0 Å². The van der Waals surface area contributed by atoms with Gasteiger partial charge >= 0.3 is 5.97 Å². The molecule has 0 radical (unpaired) electrons. The van der Waals surface area contributed by atoms with Gasteiger partial charge in [0.2, 0.25) is 5.91 Å². The molecule has 1 aliphatic heterocycles. The summed E-state index contributed by atoms with van der Waals surface area (Å²) in [4.78, 5) is 28.5. The first-order valence-corrected chi connectivity index (χ1v) is 10.5. The quantitative estimate of drug-likeness (QED) is 0.595. The summed E-state index contributed by atoms with van der Waals surface area (Å²) in [6, 6.07) is 7.66. The highest BCUT2D eigenvalue weighted by atomic mass is 35.5. The lowest BCUT2D eigenvalue weighted by Crippen LogP contribution is -2.42. The number of benzene rings is 1. The zero-order valence-electron chi connectivity index (χ0n) is 15.4. The lowest BCUT2D eigenvalue weighted by atomic mass is 10.2. The average molecular weight is 399 g/mol. The lowest BCUT2D eigenvalue weighted by Gasteiger charge is -2.28. The molecular weight excluding hydrogens is 372 g/mol. The van der Waals surface area contributed by atoms with Gasteiger partial charge in [0.1, 0.15) is 5.37 Å². The van der Waals surface area contributed by atoms with Crippen molar-refractivity contribution >= 4 is 35.2 Å². The minimum atomic E-state index is -0.283. The SMILES string of the molecule is CCCCN(CC(=O)OCC)CC(=O)N1CCS[C@@H]1c1ccccc1Cl. The van der Waals surface area contributed by atoms with E-state index < -0.39 is 0 Å². The molecule has 5 nitrogen and oxygen atoms in total. The highest BCUT2D eigenvalue weighted by Gasteiger charge is 2.32. The van der Waals surface area contributed by atoms with Crippen molar-refractivity contribution in [2.75, 3.05) is 38.5 Å². The number of amides is 1. The molecule has 1 fully saturated rings. The Balaban J connectivity index is 2.04. The highest BCUT2D eigenvalue weighted by Crippen LogP contribution is 2.40. The van der Waals surface area contributed by atoms with Gasteiger partial charge in [-0.1, -0.05) is 43.1 Å². The van der Waals surface area contributed by atoms with E-state index in [-0.39, 0.29) is 30.3 Å². The number of ether oxygens (including phenoxy) is 1. The van der Waals surface area contributed by atoms with Gasteiger partial charge in [-0.15, -0.1) is 11.8 Å². The summed E-state index contributed by atoms with van der Waals surface area (Å²) in [7, 11) is 0. The van der Waals surface area contributed by atoms with Gasteiger partial charge in [0.15, 0.2) is 0 Å². The summed E-state index contributed by atoms with van der Waals surface area (Å²) in [5, 5.41) is 0.617. The zero-order chi connectivity index (χ0) is 18.9. The molecule has 1 aromatic rings. The van der Waals surface area contributed by atoms with Crippen molar-refractivity contribution in [2.45, 2.75) is 32.1 Å². The zero-order valence-corrected chi connectivity index (χ0v) is 17.0. The second-order valence-electron chi connectivity index (χ2n) is 6.20. The molecule has 0 bridgehead atoms. The number of carbonyl (C=O) groups is 2. The van der Waals surface area contributed by atoms with Gasteiger partial charge in [0.05, 0.1) is 19.7 Å². The molecule has 7 heteroatoms. The number of unbranched alkanes of at least 4 members (excludes halogenated alkanes) is 1. The topological polar surface area (TPSA) is 49.9 Å². The third-order valence-corrected chi connectivity index (χ3v) is 5.81. The van der Waals surface area contributed by atoms with E-state index in [1.165, 1.54) is 0 Å². The average Bonchev–Trinajstić information content (AvgIpc) is 3.10. The summed E-state index contributed by atoms with van der Waals surface area (Å²) in [5.74, 6) is 0.629. The molecule has 0 spiro atoms. The van der Waals surface area contributed by atoms with Crippen LogP contribution in [0.25, 0.3) is 0 Å². The molecule has 1 atom stereocenters. The minimum absolute atomic E-state index is 0.0281. The van der Waals surface area contributed by atoms with Gasteiger partial charge in [0, 0.05) is 22.9 Å². The first-order valence-electron chi connectivity index (χ1n) is 9.10. The number of hydrogen-bond acceptors (Lipinski definition) is 5. The van der Waals surface area contributed by atoms with E-state index in [2.05, 4.69) is 6.92 Å². The fraction of sp³-hybridized carbons (Fsp3) is 0.579. The standard InChI is InChI=1S/C19H27ClN2O3S/c1-3-5-10-21(14-18(24)25-4-2)13-17(23)22-11-12-26-19(22)15-8-6-7-9-16(15)20/h6-9,19H,3-5,10-14H2,1-2H3/t19-/m1/s1. The molecule has 0 unspecified atom stereocenters. The molecule has 1 aliphatic rings. The molecule has 1 heterocycles. The molecule has 0 aliphatic carbocycles. The predicted molar refractivity (Wildman–Crippen MR) is 106 cm³/mol. The summed E-state index contributed by atoms with van der Waals surface area (Å²) < 4.78 is 5.04. The molecule has 0 aromatic heterocycles. The smallest absolute Gasteiger partial charge is 0.320 e. The van der Waals surface area contributed by atoms with Crippen LogP contribution in [0.1, 0.15) is 37.6 Å². The minimum Gasteiger partial charge on any atom is -0.465 e. The second-order valence-corrected chi connectivity index (χ2v) is 7.80. The van der Waals surface area contributed by atoms with E-state index in [1.54, 1.807) is 18.7 Å². The van der Waals surface area contributed by atoms with Gasteiger partial charge in [0.25, 0.3) is 0 Å². The maximum atomic E-state index is 12.9. The van der Waals surface area contributed by atoms with Crippen LogP contribution in [-0.4, -0.2) is 60.2 Å². The Bertz CT molecular complexity index is 614. The number of hydrogen-bond donors (Lipinski definition) is 0. The van der Waals surface area contributed by atoms with Crippen LogP contribution in [0.4, 0.5) is 0 Å². The first kappa shape index (κ1) is 21.1. The number of thioether (sulfide) groups is 1. The Morgan fingerprint density at radius 1 is 1.31 bits per heavy atom. The third kappa shape index (κ3) is 5.89. The predicted octanol–water partition coefficient (Wildman–Crippen LogP) is 3.58. The Labute approximate surface area is 165 Å². The highest BCUT2D eigenvalue weighted by molar-refractivity contribution is 7.99. The Morgan fingerprint density at radius 3 is 2.77 bits per heavy atom. The van der Waals surface area contributed by atoms with Crippen molar-refractivity contribution < 1.29 is 14.3 Å². The summed E-state index contributed by atoms with van der Waals surface area (Å²) in [6.45, 7) is 6.01. The van der Waals surface area contributed by atoms with Crippen molar-refractivity contribution in [1.29, 1.82) is 0 Å². The van der Waals surface area contributed by atoms with Crippen molar-refractivity contribution in [3.63, 3.8) is 0 Å². The van der Waals surface area contributed by atoms with E-state index >= 15 is 0 Å². The Hall–Kier alpha value is -1.24. The maximum absolute atomic E-state index is 12.9. The van der Waals surface area contributed by atoms with Gasteiger partial charge in [-0.3, -0.25) is 14.5 Å². The summed E-state index contributed by atoms with van der Waals surface area (Å²) >= 11 is 8.05. The Kier molecular flexibility index (Phi) is 8.75. The normalized spacial score (nSPS) is 16.9. The van der Waals surface area contributed by atoms with E-state index in [4.69, 9.17) is 16.3 Å². The van der Waals surface area contributed by atoms with Crippen LogP contribution < -0.4 is 0 Å². The van der Waals surface area contributed by atoms with Crippen LogP contribution >= 0.6 is 23.4 Å². The molecule has 1 saturated heterocycles. The fourth-order valence-corrected chi connectivity index (χ4v) is 4.54. The van der Waals surface area contributed by atoms with E-state index in [9.17, 15) is 9.59 Å². The van der Waals surface area contributed by atoms with Gasteiger partial charge in [-0.2, -0.15) is 0 Å². The molecule has 26 heavy (non-hydrogen) atoms. The van der Waals surface area contributed by atoms with Crippen LogP contribution in [0.2, 0.25) is 5.02 Å². The largest absolute Gasteiger partial charge is 0.465 e. The Morgan fingerprint density at radius 2 is 2.08 bits per heavy atom. The molecule has 0 saturated carbocycles. The second kappa shape index (κ2) is 10.8. The van der Waals surface area contributed by atoms with Crippen LogP contribution in [0, 0.1) is 0 Å². The van der Waals surface area contributed by atoms with Crippen LogP contribution in [0.3, 0.4) is 0 Å². The molecule has 1 aromatic carbocycles. The van der Waals surface area contributed by atoms with Crippen LogP contribution in [-0.2, 0) is 14.3 Å². The third-order valence-electron chi connectivity index (χ3n) is 4.23. The first-order chi connectivity index (χ1) is 12.6. The van der Waals surface area contributed by atoms with Crippen molar-refractivity contribution in [2.24, 2.45) is 0 Å². The van der Waals surface area contributed by atoms with Gasteiger partial charge < -0.3 is 9.64 Å². The van der Waals surface area contributed by atoms with Crippen LogP contribution in [0.5, 0.6) is 0 Å². The maximum Gasteiger partial charge on any atom is 0.320 e. The van der Waals surface area contributed by atoms with Crippen molar-refractivity contribution in [1.82, 2.24) is 9.80 Å². The molecule has 2 rings (SSSR count). The van der Waals surface area contributed by atoms with E-state index in [1.807, 2.05) is 34.1 Å². The fourth-order valence-electron chi connectivity index (χ4n) is 2.93. The van der Waals surface area contributed by atoms with E-state index in [0.717, 1.165) is 24.2 Å².